The number of ether oxygens (including phenoxy) is 1. The van der Waals surface area contributed by atoms with Crippen LogP contribution in [0.1, 0.15) is 44.0 Å². The number of aryl methyl sites for hydroxylation is 1. The molecule has 0 aliphatic heterocycles. The van der Waals surface area contributed by atoms with Crippen LogP contribution in [0.5, 0.6) is 11.5 Å². The van der Waals surface area contributed by atoms with Crippen molar-refractivity contribution < 1.29 is 30.0 Å². The van der Waals surface area contributed by atoms with Crippen molar-refractivity contribution in [3.05, 3.63) is 52.3 Å². The summed E-state index contributed by atoms with van der Waals surface area (Å²) < 4.78 is 4.76. The molecule has 8 heteroatoms. The Morgan fingerprint density at radius 3 is 2.07 bits per heavy atom. The summed E-state index contributed by atoms with van der Waals surface area (Å²) >= 11 is 5.50. The molecule has 28 heavy (non-hydrogen) atoms. The molecule has 0 aliphatic rings. The molecule has 0 aliphatic carbocycles. The van der Waals surface area contributed by atoms with E-state index in [2.05, 4.69) is 4.98 Å². The second-order valence-electron chi connectivity index (χ2n) is 5.88. The molecule has 0 saturated carbocycles. The maximum absolute atomic E-state index is 10.4. The number of aliphatic hydroxyl groups is 2. The molecule has 7 nitrogen and oxygen atoms in total. The number of hydrogen-bond acceptors (Lipinski definition) is 7. The Morgan fingerprint density at radius 1 is 1.14 bits per heavy atom. The Bertz CT molecular complexity index is 698. The number of halogens is 1. The number of esters is 1. The zero-order chi connectivity index (χ0) is 21.7. The Kier molecular flexibility index (Phi) is 12.6. The third kappa shape index (κ3) is 10.1. The molecule has 0 fully saturated rings. The fourth-order valence-corrected chi connectivity index (χ4v) is 1.91. The predicted molar refractivity (Wildman–Crippen MR) is 107 cm³/mol. The summed E-state index contributed by atoms with van der Waals surface area (Å²) in [6, 6.07) is 6.36. The van der Waals surface area contributed by atoms with E-state index in [1.54, 1.807) is 38.1 Å². The second kappa shape index (κ2) is 13.8. The van der Waals surface area contributed by atoms with Gasteiger partial charge in [-0.2, -0.15) is 0 Å². The third-order valence-corrected chi connectivity index (χ3v) is 3.49. The number of carbonyl (C=O) groups is 1. The van der Waals surface area contributed by atoms with Crippen molar-refractivity contribution in [2.75, 3.05) is 0 Å². The van der Waals surface area contributed by atoms with Crippen molar-refractivity contribution in [2.45, 2.75) is 53.4 Å². The number of pyridine rings is 1. The summed E-state index contributed by atoms with van der Waals surface area (Å²) in [5, 5.41) is 36.4. The normalized spacial score (nSPS) is 9.71. The van der Waals surface area contributed by atoms with Gasteiger partial charge >= 0.3 is 5.97 Å². The van der Waals surface area contributed by atoms with Gasteiger partial charge in [0.1, 0.15) is 11.5 Å². The summed E-state index contributed by atoms with van der Waals surface area (Å²) in [4.78, 5) is 14.2. The van der Waals surface area contributed by atoms with E-state index >= 15 is 0 Å². The van der Waals surface area contributed by atoms with Crippen LogP contribution in [0.3, 0.4) is 0 Å². The van der Waals surface area contributed by atoms with E-state index in [4.69, 9.17) is 31.7 Å². The van der Waals surface area contributed by atoms with Gasteiger partial charge in [0.25, 0.3) is 0 Å². The zero-order valence-corrected chi connectivity index (χ0v) is 17.3. The Hall–Kier alpha value is -2.35. The number of benzene rings is 1. The Labute approximate surface area is 170 Å². The lowest BCUT2D eigenvalue weighted by Gasteiger charge is -2.07. The fraction of sp³-hybridized carbons (Fsp3) is 0.400. The van der Waals surface area contributed by atoms with Gasteiger partial charge in [-0.05, 0) is 45.0 Å². The van der Waals surface area contributed by atoms with Gasteiger partial charge in [-0.15, -0.1) is 0 Å². The van der Waals surface area contributed by atoms with Crippen LogP contribution in [0.15, 0.2) is 30.5 Å². The van der Waals surface area contributed by atoms with Gasteiger partial charge in [0.05, 0.1) is 25.0 Å². The molecule has 0 unspecified atom stereocenters. The summed E-state index contributed by atoms with van der Waals surface area (Å²) in [5.41, 5.74) is 1.27. The largest absolute Gasteiger partial charge is 0.508 e. The fourth-order valence-electron chi connectivity index (χ4n) is 1.78. The van der Waals surface area contributed by atoms with Crippen LogP contribution in [-0.2, 0) is 22.7 Å². The maximum Gasteiger partial charge on any atom is 0.305 e. The minimum atomic E-state index is -0.287. The van der Waals surface area contributed by atoms with E-state index in [9.17, 15) is 9.90 Å². The molecular formula is C20H28ClNO6. The molecule has 0 amide bonds. The maximum atomic E-state index is 10.4. The minimum absolute atomic E-state index is 0.0300. The van der Waals surface area contributed by atoms with Gasteiger partial charge in [-0.1, -0.05) is 18.5 Å². The van der Waals surface area contributed by atoms with Crippen LogP contribution in [0.4, 0.5) is 0 Å². The molecule has 2 aromatic rings. The monoisotopic (exact) mass is 413 g/mol. The van der Waals surface area contributed by atoms with Crippen molar-refractivity contribution in [3.8, 4) is 11.5 Å². The molecule has 0 saturated heterocycles. The van der Waals surface area contributed by atoms with Gasteiger partial charge in [0.2, 0.25) is 0 Å². The van der Waals surface area contributed by atoms with E-state index in [0.717, 1.165) is 0 Å². The van der Waals surface area contributed by atoms with Gasteiger partial charge in [-0.3, -0.25) is 9.78 Å². The number of aliphatic hydroxyl groups excluding tert-OH is 2. The van der Waals surface area contributed by atoms with Gasteiger partial charge in [-0.25, -0.2) is 0 Å². The number of rotatable bonds is 4. The van der Waals surface area contributed by atoms with E-state index in [-0.39, 0.29) is 36.8 Å². The summed E-state index contributed by atoms with van der Waals surface area (Å²) in [6.45, 7) is 6.59. The quantitative estimate of drug-likeness (QED) is 0.566. The van der Waals surface area contributed by atoms with E-state index < -0.39 is 0 Å². The molecule has 2 rings (SSSR count). The lowest BCUT2D eigenvalue weighted by molar-refractivity contribution is -0.146. The molecule has 1 heterocycles. The van der Waals surface area contributed by atoms with Crippen LogP contribution in [0, 0.1) is 6.92 Å². The highest BCUT2D eigenvalue weighted by Gasteiger charge is 2.09. The standard InChI is InChI=1S/C8H11NO3.C6H5ClO.C6H12O2/c1-5-8(12)7(4-11)6(3-10)2-9-5;7-5-1-3-6(8)4-2-5;1-4-6(7)8-5(2)3/h2,10-12H,3-4H2,1H3;1-4,8H;5H,4H2,1-3H3. The molecule has 0 spiro atoms. The van der Waals surface area contributed by atoms with Crippen molar-refractivity contribution in [2.24, 2.45) is 0 Å². The molecule has 1 aromatic carbocycles. The topological polar surface area (TPSA) is 120 Å². The first-order valence-corrected chi connectivity index (χ1v) is 9.05. The van der Waals surface area contributed by atoms with Crippen LogP contribution >= 0.6 is 11.6 Å². The Balaban J connectivity index is 0.000000405. The van der Waals surface area contributed by atoms with Crippen LogP contribution < -0.4 is 0 Å². The number of nitrogens with zero attached hydrogens (tertiary/aromatic N) is 1. The molecular weight excluding hydrogens is 386 g/mol. The average molecular weight is 414 g/mol. The molecule has 0 radical (unpaired) electrons. The van der Waals surface area contributed by atoms with Crippen LogP contribution in [0.2, 0.25) is 5.02 Å². The van der Waals surface area contributed by atoms with Gasteiger partial charge in [0.15, 0.2) is 0 Å². The number of phenols is 1. The van der Waals surface area contributed by atoms with E-state index in [0.29, 0.717) is 28.3 Å². The van der Waals surface area contributed by atoms with Crippen LogP contribution in [-0.4, -0.2) is 37.5 Å². The first-order valence-electron chi connectivity index (χ1n) is 8.68. The van der Waals surface area contributed by atoms with Crippen molar-refractivity contribution in [1.82, 2.24) is 4.98 Å². The first-order chi connectivity index (χ1) is 13.2. The van der Waals surface area contributed by atoms with Crippen molar-refractivity contribution in [3.63, 3.8) is 0 Å². The molecule has 1 aromatic heterocycles. The number of phenolic OH excluding ortho intramolecular Hbond substituents is 1. The highest BCUT2D eigenvalue weighted by atomic mass is 35.5. The lowest BCUT2D eigenvalue weighted by Crippen LogP contribution is -2.09. The zero-order valence-electron chi connectivity index (χ0n) is 16.5. The number of aromatic hydroxyl groups is 2. The van der Waals surface area contributed by atoms with Gasteiger partial charge < -0.3 is 25.2 Å². The average Bonchev–Trinajstić information content (AvgIpc) is 2.66. The minimum Gasteiger partial charge on any atom is -0.508 e. The first kappa shape index (κ1) is 25.7. The summed E-state index contributed by atoms with van der Waals surface area (Å²) in [7, 11) is 0. The molecule has 156 valence electrons. The van der Waals surface area contributed by atoms with Crippen molar-refractivity contribution >= 4 is 17.6 Å². The van der Waals surface area contributed by atoms with E-state index in [1.165, 1.54) is 6.20 Å². The smallest absolute Gasteiger partial charge is 0.305 e. The second-order valence-corrected chi connectivity index (χ2v) is 6.32. The molecule has 0 atom stereocenters. The highest BCUT2D eigenvalue weighted by molar-refractivity contribution is 6.30. The highest BCUT2D eigenvalue weighted by Crippen LogP contribution is 2.23. The molecule has 4 N–H and O–H groups in total. The van der Waals surface area contributed by atoms with E-state index in [1.807, 2.05) is 13.8 Å². The summed E-state index contributed by atoms with van der Waals surface area (Å²) in [5.74, 6) is 0.0819. The predicted octanol–water partition coefficient (Wildman–Crippen LogP) is 3.47. The number of carbonyl (C=O) groups excluding carboxylic acids is 1. The Morgan fingerprint density at radius 2 is 1.71 bits per heavy atom. The van der Waals surface area contributed by atoms with Crippen molar-refractivity contribution in [1.29, 1.82) is 0 Å². The molecule has 0 bridgehead atoms. The third-order valence-electron chi connectivity index (χ3n) is 3.24. The van der Waals surface area contributed by atoms with Crippen LogP contribution in [0.25, 0.3) is 0 Å². The van der Waals surface area contributed by atoms with Gasteiger partial charge in [0, 0.05) is 28.8 Å². The lowest BCUT2D eigenvalue weighted by atomic mass is 10.1. The SMILES string of the molecule is CCC(=O)OC(C)C.Cc1ncc(CO)c(CO)c1O.Oc1ccc(Cl)cc1. The summed E-state index contributed by atoms with van der Waals surface area (Å²) in [6.07, 6.45) is 1.95. The number of aromatic nitrogens is 1. The number of hydrogen-bond donors (Lipinski definition) is 4.